The summed E-state index contributed by atoms with van der Waals surface area (Å²) in [7, 11) is 0. The van der Waals surface area contributed by atoms with E-state index in [1.54, 1.807) is 18.3 Å². The fourth-order valence-electron chi connectivity index (χ4n) is 1.37. The summed E-state index contributed by atoms with van der Waals surface area (Å²) in [5.41, 5.74) is 0.561. The van der Waals surface area contributed by atoms with Gasteiger partial charge < -0.3 is 15.4 Å². The quantitative estimate of drug-likeness (QED) is 0.753. The van der Waals surface area contributed by atoms with Gasteiger partial charge in [0.1, 0.15) is 5.82 Å². The first-order valence-corrected chi connectivity index (χ1v) is 4.95. The third kappa shape index (κ3) is 2.52. The molecule has 3 N–H and O–H groups in total. The topological polar surface area (TPSA) is 82.2 Å². The van der Waals surface area contributed by atoms with Crippen LogP contribution in [-0.2, 0) is 0 Å². The highest BCUT2D eigenvalue weighted by Crippen LogP contribution is 2.08. The Labute approximate surface area is 97.1 Å². The summed E-state index contributed by atoms with van der Waals surface area (Å²) in [5, 5.41) is 11.4. The molecule has 0 radical (unpaired) electrons. The van der Waals surface area contributed by atoms with Crippen molar-refractivity contribution in [3.05, 3.63) is 53.7 Å². The van der Waals surface area contributed by atoms with Gasteiger partial charge in [0.05, 0.1) is 5.56 Å². The number of nitrogens with one attached hydrogen (secondary N) is 2. The van der Waals surface area contributed by atoms with Crippen molar-refractivity contribution < 1.29 is 14.7 Å². The molecule has 0 spiro atoms. The molecule has 2 rings (SSSR count). The van der Waals surface area contributed by atoms with E-state index in [0.29, 0.717) is 11.4 Å². The minimum Gasteiger partial charge on any atom is -0.478 e. The van der Waals surface area contributed by atoms with E-state index < -0.39 is 5.97 Å². The van der Waals surface area contributed by atoms with Crippen LogP contribution in [0.1, 0.15) is 20.7 Å². The molecule has 5 nitrogen and oxygen atoms in total. The Hall–Kier alpha value is -2.56. The fraction of sp³-hybridized carbons (Fsp3) is 0. The van der Waals surface area contributed by atoms with E-state index in [-0.39, 0.29) is 11.5 Å². The maximum atomic E-state index is 11.7. The number of carbonyl (C=O) groups excluding carboxylic acids is 1. The third-order valence-corrected chi connectivity index (χ3v) is 2.24. The van der Waals surface area contributed by atoms with Crippen LogP contribution in [0.25, 0.3) is 0 Å². The van der Waals surface area contributed by atoms with Crippen molar-refractivity contribution in [2.75, 3.05) is 5.32 Å². The summed E-state index contributed by atoms with van der Waals surface area (Å²) < 4.78 is 0. The molecule has 0 aliphatic heterocycles. The number of aromatic amines is 1. The number of hydrogen-bond acceptors (Lipinski definition) is 2. The number of carboxylic acid groups (broad SMARTS) is 1. The van der Waals surface area contributed by atoms with Crippen LogP contribution in [0, 0.1) is 0 Å². The monoisotopic (exact) mass is 230 g/mol. The maximum Gasteiger partial charge on any atom is 0.335 e. The summed E-state index contributed by atoms with van der Waals surface area (Å²) >= 11 is 0. The normalized spacial score (nSPS) is 9.88. The Morgan fingerprint density at radius 3 is 2.24 bits per heavy atom. The molecule has 0 atom stereocenters. The van der Waals surface area contributed by atoms with Crippen molar-refractivity contribution in [3.8, 4) is 0 Å². The number of H-pyrrole nitrogens is 1. The van der Waals surface area contributed by atoms with Crippen LogP contribution in [0.3, 0.4) is 0 Å². The molecular formula is C12H10N2O3. The number of rotatable bonds is 3. The molecule has 86 valence electrons. The van der Waals surface area contributed by atoms with Crippen molar-refractivity contribution in [3.63, 3.8) is 0 Å². The van der Waals surface area contributed by atoms with Crippen LogP contribution in [-0.4, -0.2) is 22.0 Å². The predicted molar refractivity (Wildman–Crippen MR) is 62.1 cm³/mol. The second-order valence-electron chi connectivity index (χ2n) is 3.42. The zero-order valence-corrected chi connectivity index (χ0v) is 8.81. The van der Waals surface area contributed by atoms with Crippen LogP contribution in [0.2, 0.25) is 0 Å². The van der Waals surface area contributed by atoms with Gasteiger partial charge in [-0.15, -0.1) is 0 Å². The third-order valence-electron chi connectivity index (χ3n) is 2.24. The lowest BCUT2D eigenvalue weighted by Crippen LogP contribution is -2.12. The SMILES string of the molecule is O=C(O)c1ccc(C(=O)Nc2ccc[nH]2)cc1. The van der Waals surface area contributed by atoms with Gasteiger partial charge in [-0.2, -0.15) is 0 Å². The van der Waals surface area contributed by atoms with Gasteiger partial charge in [0.15, 0.2) is 0 Å². The number of aromatic carboxylic acids is 1. The molecule has 0 saturated carbocycles. The first kappa shape index (κ1) is 10.9. The summed E-state index contributed by atoms with van der Waals surface area (Å²) in [6.07, 6.45) is 1.70. The molecule has 0 fully saturated rings. The zero-order valence-electron chi connectivity index (χ0n) is 8.81. The number of anilines is 1. The van der Waals surface area contributed by atoms with Crippen LogP contribution in [0.4, 0.5) is 5.82 Å². The van der Waals surface area contributed by atoms with Crippen LogP contribution in [0.5, 0.6) is 0 Å². The van der Waals surface area contributed by atoms with Gasteiger partial charge in [-0.1, -0.05) is 0 Å². The predicted octanol–water partition coefficient (Wildman–Crippen LogP) is 1.97. The smallest absolute Gasteiger partial charge is 0.335 e. The Kier molecular flexibility index (Phi) is 2.91. The van der Waals surface area contributed by atoms with E-state index in [4.69, 9.17) is 5.11 Å². The van der Waals surface area contributed by atoms with Crippen LogP contribution < -0.4 is 5.32 Å². The molecule has 1 aromatic heterocycles. The fourth-order valence-corrected chi connectivity index (χ4v) is 1.37. The molecule has 0 saturated heterocycles. The number of hydrogen-bond donors (Lipinski definition) is 3. The van der Waals surface area contributed by atoms with Gasteiger partial charge in [0.2, 0.25) is 0 Å². The second kappa shape index (κ2) is 4.52. The van der Waals surface area contributed by atoms with Gasteiger partial charge >= 0.3 is 5.97 Å². The van der Waals surface area contributed by atoms with Gasteiger partial charge in [-0.3, -0.25) is 4.79 Å². The number of carboxylic acids is 1. The summed E-state index contributed by atoms with van der Waals surface area (Å²) in [6.45, 7) is 0. The Morgan fingerprint density at radius 1 is 1.06 bits per heavy atom. The van der Waals surface area contributed by atoms with E-state index >= 15 is 0 Å². The van der Waals surface area contributed by atoms with Gasteiger partial charge in [0.25, 0.3) is 5.91 Å². The highest BCUT2D eigenvalue weighted by atomic mass is 16.4. The number of amides is 1. The van der Waals surface area contributed by atoms with Gasteiger partial charge in [0, 0.05) is 11.8 Å². The van der Waals surface area contributed by atoms with Gasteiger partial charge in [-0.05, 0) is 36.4 Å². The van der Waals surface area contributed by atoms with Crippen molar-refractivity contribution in [2.24, 2.45) is 0 Å². The molecule has 1 amide bonds. The molecule has 1 aromatic carbocycles. The van der Waals surface area contributed by atoms with Crippen molar-refractivity contribution in [1.29, 1.82) is 0 Å². The molecular weight excluding hydrogens is 220 g/mol. The highest BCUT2D eigenvalue weighted by Gasteiger charge is 2.08. The van der Waals surface area contributed by atoms with E-state index in [9.17, 15) is 9.59 Å². The Morgan fingerprint density at radius 2 is 1.71 bits per heavy atom. The van der Waals surface area contributed by atoms with Crippen LogP contribution >= 0.6 is 0 Å². The molecule has 0 aliphatic rings. The van der Waals surface area contributed by atoms with E-state index in [2.05, 4.69) is 10.3 Å². The minimum atomic E-state index is -1.01. The molecule has 2 aromatic rings. The first-order chi connectivity index (χ1) is 8.16. The molecule has 17 heavy (non-hydrogen) atoms. The molecule has 0 aliphatic carbocycles. The first-order valence-electron chi connectivity index (χ1n) is 4.95. The summed E-state index contributed by atoms with van der Waals surface area (Å²) in [6, 6.07) is 9.23. The number of carbonyl (C=O) groups is 2. The van der Waals surface area contributed by atoms with Crippen molar-refractivity contribution in [2.45, 2.75) is 0 Å². The summed E-state index contributed by atoms with van der Waals surface area (Å²) in [4.78, 5) is 25.2. The average Bonchev–Trinajstić information content (AvgIpc) is 2.82. The Bertz CT molecular complexity index is 529. The molecule has 0 unspecified atom stereocenters. The zero-order chi connectivity index (χ0) is 12.3. The van der Waals surface area contributed by atoms with E-state index in [0.717, 1.165) is 0 Å². The van der Waals surface area contributed by atoms with Gasteiger partial charge in [-0.25, -0.2) is 4.79 Å². The highest BCUT2D eigenvalue weighted by molar-refractivity contribution is 6.04. The molecule has 5 heteroatoms. The average molecular weight is 230 g/mol. The lowest BCUT2D eigenvalue weighted by molar-refractivity contribution is 0.0696. The maximum absolute atomic E-state index is 11.7. The molecule has 1 heterocycles. The second-order valence-corrected chi connectivity index (χ2v) is 3.42. The summed E-state index contributed by atoms with van der Waals surface area (Å²) in [5.74, 6) is -0.706. The van der Waals surface area contributed by atoms with Crippen molar-refractivity contribution in [1.82, 2.24) is 4.98 Å². The number of aromatic nitrogens is 1. The van der Waals surface area contributed by atoms with E-state index in [1.807, 2.05) is 0 Å². The Balaban J connectivity index is 2.12. The van der Waals surface area contributed by atoms with E-state index in [1.165, 1.54) is 24.3 Å². The largest absolute Gasteiger partial charge is 0.478 e. The standard InChI is InChI=1S/C12H10N2O3/c15-11(14-10-2-1-7-13-10)8-3-5-9(6-4-8)12(16)17/h1-7,13H,(H,14,15)(H,16,17). The lowest BCUT2D eigenvalue weighted by atomic mass is 10.1. The number of benzene rings is 1. The lowest BCUT2D eigenvalue weighted by Gasteiger charge is -2.03. The minimum absolute atomic E-state index is 0.154. The van der Waals surface area contributed by atoms with Crippen LogP contribution in [0.15, 0.2) is 42.6 Å². The molecule has 0 bridgehead atoms. The van der Waals surface area contributed by atoms with Crippen molar-refractivity contribution >= 4 is 17.7 Å².